The van der Waals surface area contributed by atoms with Gasteiger partial charge < -0.3 is 4.90 Å². The first-order valence-corrected chi connectivity index (χ1v) is 8.79. The Morgan fingerprint density at radius 2 is 2.04 bits per heavy atom. The van der Waals surface area contributed by atoms with Crippen molar-refractivity contribution in [1.29, 1.82) is 0 Å². The first kappa shape index (κ1) is 17.8. The third-order valence-corrected chi connectivity index (χ3v) is 4.38. The zero-order chi connectivity index (χ0) is 18.5. The number of hydrogen-bond acceptors (Lipinski definition) is 3. The Labute approximate surface area is 158 Å². The third kappa shape index (κ3) is 3.50. The number of aryl methyl sites for hydroxylation is 1. The van der Waals surface area contributed by atoms with Gasteiger partial charge in [-0.25, -0.2) is 0 Å². The molecule has 0 aliphatic rings. The van der Waals surface area contributed by atoms with Crippen LogP contribution >= 0.6 is 12.2 Å². The zero-order valence-electron chi connectivity index (χ0n) is 14.9. The quantitative estimate of drug-likeness (QED) is 0.390. The summed E-state index contributed by atoms with van der Waals surface area (Å²) in [6, 6.07) is 16.4. The van der Waals surface area contributed by atoms with Crippen molar-refractivity contribution in [1.82, 2.24) is 14.8 Å². The van der Waals surface area contributed by atoms with Gasteiger partial charge in [-0.1, -0.05) is 31.7 Å². The summed E-state index contributed by atoms with van der Waals surface area (Å²) in [5.74, 6) is 0.800. The number of rotatable bonds is 6. The number of nitrogens with one attached hydrogen (secondary N) is 1. The van der Waals surface area contributed by atoms with Gasteiger partial charge in [0.05, 0.1) is 12.0 Å². The van der Waals surface area contributed by atoms with E-state index in [0.717, 1.165) is 29.2 Å². The fourth-order valence-electron chi connectivity index (χ4n) is 2.78. The van der Waals surface area contributed by atoms with Gasteiger partial charge in [-0.05, 0) is 54.5 Å². The predicted molar refractivity (Wildman–Crippen MR) is 111 cm³/mol. The Morgan fingerprint density at radius 3 is 2.69 bits per heavy atom. The van der Waals surface area contributed by atoms with Crippen molar-refractivity contribution in [2.45, 2.75) is 13.3 Å². The number of H-pyrrole nitrogens is 1. The SMILES string of the molecule is C=CN(C=NC)c1ccc(-n2c(-c3cccc(CC)c3)n[nH]c2=S)cc1. The second-order valence-corrected chi connectivity index (χ2v) is 6.11. The van der Waals surface area contributed by atoms with Crippen LogP contribution in [0.1, 0.15) is 12.5 Å². The molecule has 1 heterocycles. The van der Waals surface area contributed by atoms with Crippen LogP contribution < -0.4 is 4.90 Å². The summed E-state index contributed by atoms with van der Waals surface area (Å²) in [7, 11) is 1.73. The van der Waals surface area contributed by atoms with Crippen LogP contribution in [-0.2, 0) is 6.42 Å². The number of hydrogen-bond donors (Lipinski definition) is 1. The highest BCUT2D eigenvalue weighted by Gasteiger charge is 2.11. The molecule has 3 aromatic rings. The van der Waals surface area contributed by atoms with Crippen molar-refractivity contribution in [2.24, 2.45) is 4.99 Å². The summed E-state index contributed by atoms with van der Waals surface area (Å²) >= 11 is 5.46. The van der Waals surface area contributed by atoms with Gasteiger partial charge in [-0.2, -0.15) is 5.10 Å². The number of benzene rings is 2. The van der Waals surface area contributed by atoms with Crippen LogP contribution in [0.5, 0.6) is 0 Å². The topological polar surface area (TPSA) is 49.2 Å². The third-order valence-electron chi connectivity index (χ3n) is 4.11. The second-order valence-electron chi connectivity index (χ2n) is 5.72. The lowest BCUT2D eigenvalue weighted by atomic mass is 10.1. The van der Waals surface area contributed by atoms with E-state index in [1.165, 1.54) is 5.56 Å². The molecule has 132 valence electrons. The van der Waals surface area contributed by atoms with E-state index in [1.807, 2.05) is 45.9 Å². The van der Waals surface area contributed by atoms with Gasteiger partial charge in [0, 0.05) is 24.5 Å². The molecule has 0 aliphatic carbocycles. The number of aromatic nitrogens is 3. The van der Waals surface area contributed by atoms with Gasteiger partial charge in [0.1, 0.15) is 0 Å². The molecular weight excluding hydrogens is 342 g/mol. The molecule has 0 amide bonds. The minimum absolute atomic E-state index is 0.561. The highest BCUT2D eigenvalue weighted by molar-refractivity contribution is 7.71. The summed E-state index contributed by atoms with van der Waals surface area (Å²) in [6.45, 7) is 5.95. The molecule has 5 nitrogen and oxygen atoms in total. The average Bonchev–Trinajstić information content (AvgIpc) is 3.08. The molecule has 0 saturated heterocycles. The van der Waals surface area contributed by atoms with E-state index >= 15 is 0 Å². The largest absolute Gasteiger partial charge is 0.309 e. The molecule has 1 N–H and O–H groups in total. The number of nitrogens with zero attached hydrogens (tertiary/aromatic N) is 4. The van der Waals surface area contributed by atoms with Crippen LogP contribution in [-0.4, -0.2) is 28.2 Å². The fourth-order valence-corrected chi connectivity index (χ4v) is 3.02. The molecule has 0 bridgehead atoms. The molecule has 0 radical (unpaired) electrons. The van der Waals surface area contributed by atoms with Crippen molar-refractivity contribution in [3.63, 3.8) is 0 Å². The van der Waals surface area contributed by atoms with Crippen molar-refractivity contribution in [2.75, 3.05) is 11.9 Å². The maximum absolute atomic E-state index is 5.46. The van der Waals surface area contributed by atoms with Gasteiger partial charge in [-0.3, -0.25) is 14.7 Å². The van der Waals surface area contributed by atoms with E-state index in [-0.39, 0.29) is 0 Å². The standard InChI is InChI=1S/C20H21N5S/c1-4-15-7-6-8-16(13-15)19-22-23-20(26)25(19)18-11-9-17(10-12-18)24(5-2)14-21-3/h5-14H,2,4H2,1,3H3,(H,23,26). The van der Waals surface area contributed by atoms with E-state index in [0.29, 0.717) is 4.77 Å². The van der Waals surface area contributed by atoms with Crippen molar-refractivity contribution in [3.05, 3.63) is 71.6 Å². The molecule has 0 saturated carbocycles. The van der Waals surface area contributed by atoms with Crippen LogP contribution in [0.3, 0.4) is 0 Å². The second kappa shape index (κ2) is 7.93. The van der Waals surface area contributed by atoms with Crippen LogP contribution in [0.15, 0.2) is 66.3 Å². The molecular formula is C20H21N5S. The van der Waals surface area contributed by atoms with Crippen LogP contribution in [0, 0.1) is 4.77 Å². The van der Waals surface area contributed by atoms with Crippen molar-refractivity contribution < 1.29 is 0 Å². The molecule has 0 atom stereocenters. The molecule has 2 aromatic carbocycles. The lowest BCUT2D eigenvalue weighted by Crippen LogP contribution is -2.12. The molecule has 0 fully saturated rings. The summed E-state index contributed by atoms with van der Waals surface area (Å²) in [5.41, 5.74) is 4.21. The first-order chi connectivity index (χ1) is 12.7. The van der Waals surface area contributed by atoms with Crippen LogP contribution in [0.4, 0.5) is 5.69 Å². The van der Waals surface area contributed by atoms with Gasteiger partial charge >= 0.3 is 0 Å². The van der Waals surface area contributed by atoms with Crippen LogP contribution in [0.25, 0.3) is 17.1 Å². The minimum atomic E-state index is 0.561. The molecule has 1 aromatic heterocycles. The fraction of sp³-hybridized carbons (Fsp3) is 0.150. The van der Waals surface area contributed by atoms with Crippen LogP contribution in [0.2, 0.25) is 0 Å². The molecule has 3 rings (SSSR count). The highest BCUT2D eigenvalue weighted by atomic mass is 32.1. The van der Waals surface area contributed by atoms with E-state index in [4.69, 9.17) is 12.2 Å². The molecule has 0 unspecified atom stereocenters. The predicted octanol–water partition coefficient (Wildman–Crippen LogP) is 4.77. The van der Waals surface area contributed by atoms with Gasteiger partial charge in [0.2, 0.25) is 0 Å². The Balaban J connectivity index is 2.04. The molecule has 0 spiro atoms. The molecule has 0 aliphatic heterocycles. The summed E-state index contributed by atoms with van der Waals surface area (Å²) in [6.07, 6.45) is 4.41. The first-order valence-electron chi connectivity index (χ1n) is 8.38. The van der Waals surface area contributed by atoms with Gasteiger partial charge in [0.15, 0.2) is 10.6 Å². The van der Waals surface area contributed by atoms with Gasteiger partial charge in [-0.15, -0.1) is 0 Å². The lowest BCUT2D eigenvalue weighted by Gasteiger charge is -2.15. The maximum atomic E-state index is 5.46. The highest BCUT2D eigenvalue weighted by Crippen LogP contribution is 2.24. The summed E-state index contributed by atoms with van der Waals surface area (Å²) in [4.78, 5) is 5.88. The Bertz CT molecular complexity index is 982. The average molecular weight is 363 g/mol. The van der Waals surface area contributed by atoms with Crippen molar-refractivity contribution in [3.8, 4) is 17.1 Å². The smallest absolute Gasteiger partial charge is 0.200 e. The van der Waals surface area contributed by atoms with E-state index in [9.17, 15) is 0 Å². The molecule has 6 heteroatoms. The van der Waals surface area contributed by atoms with E-state index < -0.39 is 0 Å². The normalized spacial score (nSPS) is 11.0. The lowest BCUT2D eigenvalue weighted by molar-refractivity contribution is 1.03. The van der Waals surface area contributed by atoms with Crippen molar-refractivity contribution >= 4 is 24.2 Å². The van der Waals surface area contributed by atoms with E-state index in [2.05, 4.69) is 40.8 Å². The summed E-state index contributed by atoms with van der Waals surface area (Å²) < 4.78 is 2.50. The number of anilines is 1. The minimum Gasteiger partial charge on any atom is -0.309 e. The number of aromatic amines is 1. The molecule has 26 heavy (non-hydrogen) atoms. The summed E-state index contributed by atoms with van der Waals surface area (Å²) in [5, 5.41) is 7.35. The Kier molecular flexibility index (Phi) is 5.43. The monoisotopic (exact) mass is 363 g/mol. The maximum Gasteiger partial charge on any atom is 0.200 e. The Hall–Kier alpha value is -2.99. The Morgan fingerprint density at radius 1 is 1.27 bits per heavy atom. The number of aliphatic imine (C=N–C) groups is 1. The van der Waals surface area contributed by atoms with Gasteiger partial charge in [0.25, 0.3) is 0 Å². The zero-order valence-corrected chi connectivity index (χ0v) is 15.7. The van der Waals surface area contributed by atoms with E-state index in [1.54, 1.807) is 19.6 Å².